The van der Waals surface area contributed by atoms with Crippen molar-refractivity contribution in [3.05, 3.63) is 65.2 Å². The van der Waals surface area contributed by atoms with Crippen LogP contribution in [0.4, 0.5) is 0 Å². The van der Waals surface area contributed by atoms with Crippen LogP contribution < -0.4 is 5.32 Å². The van der Waals surface area contributed by atoms with Gasteiger partial charge in [-0.05, 0) is 44.9 Å². The van der Waals surface area contributed by atoms with Crippen LogP contribution in [0.5, 0.6) is 5.75 Å². The number of benzene rings is 2. The Balaban J connectivity index is 1.80. The summed E-state index contributed by atoms with van der Waals surface area (Å²) < 4.78 is 0. The van der Waals surface area contributed by atoms with E-state index in [1.165, 1.54) is 11.1 Å². The zero-order valence-corrected chi connectivity index (χ0v) is 12.3. The van der Waals surface area contributed by atoms with Gasteiger partial charge in [0.2, 0.25) is 0 Å². The van der Waals surface area contributed by atoms with E-state index in [1.807, 2.05) is 25.1 Å². The maximum absolute atomic E-state index is 9.90. The molecule has 0 saturated heterocycles. The van der Waals surface area contributed by atoms with Gasteiger partial charge in [0.05, 0.1) is 0 Å². The molecular formula is C18H23NO. The van der Waals surface area contributed by atoms with Crippen molar-refractivity contribution in [2.45, 2.75) is 32.7 Å². The summed E-state index contributed by atoms with van der Waals surface area (Å²) in [5.74, 6) is 0.374. The van der Waals surface area contributed by atoms with Crippen molar-refractivity contribution in [2.24, 2.45) is 0 Å². The maximum Gasteiger partial charge on any atom is 0.120 e. The van der Waals surface area contributed by atoms with Crippen LogP contribution in [0.3, 0.4) is 0 Å². The van der Waals surface area contributed by atoms with Gasteiger partial charge in [0.25, 0.3) is 0 Å². The standard InChI is InChI=1S/C18H23NO/c1-14-10-11-18(20)17(13-14)15(2)19-12-6-9-16-7-4-3-5-8-16/h3-5,7-8,10-11,13,15,19-20H,6,9,12H2,1-2H3. The highest BCUT2D eigenvalue weighted by Crippen LogP contribution is 2.24. The molecule has 0 aliphatic carbocycles. The van der Waals surface area contributed by atoms with Gasteiger partial charge in [0.15, 0.2) is 0 Å². The molecule has 106 valence electrons. The summed E-state index contributed by atoms with van der Waals surface area (Å²) >= 11 is 0. The van der Waals surface area contributed by atoms with Gasteiger partial charge in [-0.25, -0.2) is 0 Å². The molecule has 0 saturated carbocycles. The monoisotopic (exact) mass is 269 g/mol. The largest absolute Gasteiger partial charge is 0.508 e. The fourth-order valence-electron chi connectivity index (χ4n) is 2.39. The maximum atomic E-state index is 9.90. The molecule has 20 heavy (non-hydrogen) atoms. The summed E-state index contributed by atoms with van der Waals surface area (Å²) in [6, 6.07) is 16.4. The number of nitrogens with one attached hydrogen (secondary N) is 1. The predicted octanol–water partition coefficient (Wildman–Crippen LogP) is 3.98. The molecule has 0 bridgehead atoms. The van der Waals surface area contributed by atoms with Gasteiger partial charge in [0.1, 0.15) is 5.75 Å². The number of phenolic OH excluding ortho intramolecular Hbond substituents is 1. The summed E-state index contributed by atoms with van der Waals surface area (Å²) in [6.07, 6.45) is 2.18. The molecule has 0 heterocycles. The molecule has 2 aromatic rings. The summed E-state index contributed by atoms with van der Waals surface area (Å²) in [5, 5.41) is 13.4. The quantitative estimate of drug-likeness (QED) is 0.777. The normalized spacial score (nSPS) is 12.3. The van der Waals surface area contributed by atoms with Gasteiger partial charge in [-0.1, -0.05) is 48.0 Å². The summed E-state index contributed by atoms with van der Waals surface area (Å²) in [7, 11) is 0. The fourth-order valence-corrected chi connectivity index (χ4v) is 2.39. The van der Waals surface area contributed by atoms with Crippen molar-refractivity contribution in [3.8, 4) is 5.75 Å². The van der Waals surface area contributed by atoms with E-state index in [9.17, 15) is 5.11 Å². The Morgan fingerprint density at radius 3 is 2.60 bits per heavy atom. The molecule has 0 aliphatic heterocycles. The second kappa shape index (κ2) is 7.11. The highest BCUT2D eigenvalue weighted by Gasteiger charge is 2.09. The smallest absolute Gasteiger partial charge is 0.120 e. The van der Waals surface area contributed by atoms with E-state index in [1.54, 1.807) is 6.07 Å². The molecule has 0 aromatic heterocycles. The lowest BCUT2D eigenvalue weighted by Crippen LogP contribution is -2.20. The van der Waals surface area contributed by atoms with E-state index in [2.05, 4.69) is 36.5 Å². The van der Waals surface area contributed by atoms with Gasteiger partial charge in [-0.15, -0.1) is 0 Å². The minimum absolute atomic E-state index is 0.172. The number of aromatic hydroxyl groups is 1. The summed E-state index contributed by atoms with van der Waals surface area (Å²) in [5.41, 5.74) is 3.53. The first-order valence-electron chi connectivity index (χ1n) is 7.23. The van der Waals surface area contributed by atoms with E-state index in [0.717, 1.165) is 24.9 Å². The first-order chi connectivity index (χ1) is 9.66. The van der Waals surface area contributed by atoms with Gasteiger partial charge in [-0.2, -0.15) is 0 Å². The Labute approximate surface area is 121 Å². The van der Waals surface area contributed by atoms with Crippen LogP contribution in [0.15, 0.2) is 48.5 Å². The second-order valence-electron chi connectivity index (χ2n) is 5.33. The van der Waals surface area contributed by atoms with Crippen LogP contribution in [-0.4, -0.2) is 11.7 Å². The SMILES string of the molecule is Cc1ccc(O)c(C(C)NCCCc2ccccc2)c1. The zero-order valence-electron chi connectivity index (χ0n) is 12.3. The molecule has 0 aliphatic rings. The number of hydrogen-bond acceptors (Lipinski definition) is 2. The van der Waals surface area contributed by atoms with Crippen LogP contribution in [-0.2, 0) is 6.42 Å². The lowest BCUT2D eigenvalue weighted by atomic mass is 10.0. The molecule has 2 rings (SSSR count). The molecular weight excluding hydrogens is 246 g/mol. The third-order valence-corrected chi connectivity index (χ3v) is 3.59. The Kier molecular flexibility index (Phi) is 5.19. The van der Waals surface area contributed by atoms with E-state index >= 15 is 0 Å². The van der Waals surface area contributed by atoms with Crippen molar-refractivity contribution in [1.29, 1.82) is 0 Å². The molecule has 0 fully saturated rings. The van der Waals surface area contributed by atoms with Crippen LogP contribution in [0.1, 0.15) is 36.1 Å². The summed E-state index contributed by atoms with van der Waals surface area (Å²) in [6.45, 7) is 5.09. The van der Waals surface area contributed by atoms with Gasteiger partial charge in [0, 0.05) is 11.6 Å². The number of aryl methyl sites for hydroxylation is 2. The predicted molar refractivity (Wildman–Crippen MR) is 84.0 cm³/mol. The van der Waals surface area contributed by atoms with E-state index in [0.29, 0.717) is 5.75 Å². The van der Waals surface area contributed by atoms with Crippen molar-refractivity contribution >= 4 is 0 Å². The fraction of sp³-hybridized carbons (Fsp3) is 0.333. The topological polar surface area (TPSA) is 32.3 Å². The third kappa shape index (κ3) is 4.10. The molecule has 2 heteroatoms. The lowest BCUT2D eigenvalue weighted by Gasteiger charge is -2.16. The van der Waals surface area contributed by atoms with Crippen LogP contribution in [0.2, 0.25) is 0 Å². The highest BCUT2D eigenvalue weighted by atomic mass is 16.3. The molecule has 0 radical (unpaired) electrons. The molecule has 0 amide bonds. The van der Waals surface area contributed by atoms with Gasteiger partial charge in [-0.3, -0.25) is 0 Å². The molecule has 2 N–H and O–H groups in total. The number of hydrogen-bond donors (Lipinski definition) is 2. The van der Waals surface area contributed by atoms with E-state index in [-0.39, 0.29) is 6.04 Å². The second-order valence-corrected chi connectivity index (χ2v) is 5.33. The van der Waals surface area contributed by atoms with E-state index < -0.39 is 0 Å². The molecule has 2 aromatic carbocycles. The number of rotatable bonds is 6. The van der Waals surface area contributed by atoms with Crippen molar-refractivity contribution in [2.75, 3.05) is 6.54 Å². The highest BCUT2D eigenvalue weighted by molar-refractivity contribution is 5.37. The van der Waals surface area contributed by atoms with E-state index in [4.69, 9.17) is 0 Å². The Hall–Kier alpha value is -1.80. The minimum Gasteiger partial charge on any atom is -0.508 e. The van der Waals surface area contributed by atoms with Gasteiger partial charge < -0.3 is 10.4 Å². The van der Waals surface area contributed by atoms with Crippen LogP contribution in [0, 0.1) is 6.92 Å². The first-order valence-corrected chi connectivity index (χ1v) is 7.23. The Bertz CT molecular complexity index is 536. The Morgan fingerprint density at radius 1 is 1.10 bits per heavy atom. The van der Waals surface area contributed by atoms with Crippen LogP contribution >= 0.6 is 0 Å². The van der Waals surface area contributed by atoms with Gasteiger partial charge >= 0.3 is 0 Å². The average molecular weight is 269 g/mol. The molecule has 0 spiro atoms. The van der Waals surface area contributed by atoms with Crippen LogP contribution in [0.25, 0.3) is 0 Å². The third-order valence-electron chi connectivity index (χ3n) is 3.59. The number of phenols is 1. The first kappa shape index (κ1) is 14.6. The minimum atomic E-state index is 0.172. The van der Waals surface area contributed by atoms with Crippen molar-refractivity contribution in [3.63, 3.8) is 0 Å². The summed E-state index contributed by atoms with van der Waals surface area (Å²) in [4.78, 5) is 0. The molecule has 1 atom stereocenters. The van der Waals surface area contributed by atoms with Crippen molar-refractivity contribution < 1.29 is 5.11 Å². The van der Waals surface area contributed by atoms with Crippen molar-refractivity contribution in [1.82, 2.24) is 5.32 Å². The Morgan fingerprint density at radius 2 is 1.85 bits per heavy atom. The zero-order chi connectivity index (χ0) is 14.4. The average Bonchev–Trinajstić information content (AvgIpc) is 2.47. The molecule has 1 unspecified atom stereocenters. The lowest BCUT2D eigenvalue weighted by molar-refractivity contribution is 0.451. The molecule has 2 nitrogen and oxygen atoms in total.